The predicted molar refractivity (Wildman–Crippen MR) is 93.5 cm³/mol. The Bertz CT molecular complexity index is 640. The molecular weight excluding hydrogens is 326 g/mol. The van der Waals surface area contributed by atoms with Crippen LogP contribution in [0.2, 0.25) is 0 Å². The van der Waals surface area contributed by atoms with Gasteiger partial charge in [0, 0.05) is 24.1 Å². The molecule has 24 heavy (non-hydrogen) atoms. The van der Waals surface area contributed by atoms with Crippen molar-refractivity contribution in [3.05, 3.63) is 40.7 Å². The highest BCUT2D eigenvalue weighted by Gasteiger charge is 2.23. The Morgan fingerprint density at radius 2 is 2.42 bits per heavy atom. The molecule has 3 heterocycles. The van der Waals surface area contributed by atoms with Gasteiger partial charge in [-0.3, -0.25) is 0 Å². The van der Waals surface area contributed by atoms with E-state index in [4.69, 9.17) is 9.47 Å². The molecule has 0 aromatic carbocycles. The zero-order valence-electron chi connectivity index (χ0n) is 13.6. The average Bonchev–Trinajstić information content (AvgIpc) is 3.29. The number of aromatic nitrogens is 1. The van der Waals surface area contributed by atoms with Gasteiger partial charge in [-0.1, -0.05) is 6.07 Å². The molecule has 1 aliphatic rings. The minimum atomic E-state index is -0.147. The summed E-state index contributed by atoms with van der Waals surface area (Å²) >= 11 is 1.65. The lowest BCUT2D eigenvalue weighted by atomic mass is 10.2. The molecule has 1 saturated heterocycles. The largest absolute Gasteiger partial charge is 0.481 e. The number of rotatable bonds is 6. The first kappa shape index (κ1) is 16.7. The molecule has 0 saturated carbocycles. The highest BCUT2D eigenvalue weighted by atomic mass is 32.1. The number of thiophene rings is 1. The molecule has 2 aromatic rings. The van der Waals surface area contributed by atoms with E-state index in [2.05, 4.69) is 10.3 Å². The van der Waals surface area contributed by atoms with Gasteiger partial charge in [0.05, 0.1) is 31.6 Å². The third-order valence-electron chi connectivity index (χ3n) is 3.86. The zero-order chi connectivity index (χ0) is 16.8. The van der Waals surface area contributed by atoms with Gasteiger partial charge in [-0.15, -0.1) is 11.3 Å². The summed E-state index contributed by atoms with van der Waals surface area (Å²) in [7, 11) is 1.56. The van der Waals surface area contributed by atoms with Gasteiger partial charge in [-0.05, 0) is 30.4 Å². The van der Waals surface area contributed by atoms with E-state index in [1.165, 1.54) is 0 Å². The van der Waals surface area contributed by atoms with Crippen molar-refractivity contribution < 1.29 is 14.3 Å². The van der Waals surface area contributed by atoms with E-state index in [1.807, 2.05) is 17.5 Å². The maximum absolute atomic E-state index is 12.7. The molecule has 1 fully saturated rings. The number of hydrogen-bond donors (Lipinski definition) is 1. The van der Waals surface area contributed by atoms with Gasteiger partial charge in [0.2, 0.25) is 5.88 Å². The van der Waals surface area contributed by atoms with E-state index in [0.29, 0.717) is 24.7 Å². The van der Waals surface area contributed by atoms with Gasteiger partial charge in [0.25, 0.3) is 0 Å². The third kappa shape index (κ3) is 4.46. The normalized spacial score (nSPS) is 16.8. The quantitative estimate of drug-likeness (QED) is 0.870. The van der Waals surface area contributed by atoms with Gasteiger partial charge in [-0.2, -0.15) is 0 Å². The van der Waals surface area contributed by atoms with Crippen LogP contribution in [0.5, 0.6) is 5.88 Å². The molecule has 7 heteroatoms. The van der Waals surface area contributed by atoms with Gasteiger partial charge in [-0.25, -0.2) is 9.78 Å². The summed E-state index contributed by atoms with van der Waals surface area (Å²) in [6.45, 7) is 1.95. The first-order valence-electron chi connectivity index (χ1n) is 7.94. The SMILES string of the molecule is COc1ccc(NC(=O)N(Cc2cccs2)C[C@H]2CCCO2)cn1. The molecule has 0 unspecified atom stereocenters. The molecule has 0 radical (unpaired) electrons. The second-order valence-corrected chi connectivity index (χ2v) is 6.65. The van der Waals surface area contributed by atoms with Crippen LogP contribution in [0.15, 0.2) is 35.8 Å². The second kappa shape index (κ2) is 8.12. The van der Waals surface area contributed by atoms with Crippen molar-refractivity contribution in [1.29, 1.82) is 0 Å². The van der Waals surface area contributed by atoms with E-state index >= 15 is 0 Å². The number of nitrogens with one attached hydrogen (secondary N) is 1. The van der Waals surface area contributed by atoms with Gasteiger partial charge < -0.3 is 19.7 Å². The van der Waals surface area contributed by atoms with E-state index in [-0.39, 0.29) is 12.1 Å². The van der Waals surface area contributed by atoms with E-state index in [9.17, 15) is 4.79 Å². The van der Waals surface area contributed by atoms with Crippen LogP contribution in [-0.4, -0.2) is 42.3 Å². The summed E-state index contributed by atoms with van der Waals surface area (Å²) in [5.74, 6) is 0.516. The van der Waals surface area contributed by atoms with Crippen LogP contribution in [-0.2, 0) is 11.3 Å². The number of carbonyl (C=O) groups is 1. The molecular formula is C17H21N3O3S. The number of methoxy groups -OCH3 is 1. The lowest BCUT2D eigenvalue weighted by molar-refractivity contribution is 0.0821. The molecule has 1 N–H and O–H groups in total. The van der Waals surface area contributed by atoms with E-state index in [1.54, 1.807) is 41.7 Å². The monoisotopic (exact) mass is 347 g/mol. The Kier molecular flexibility index (Phi) is 5.66. The number of hydrogen-bond acceptors (Lipinski definition) is 5. The van der Waals surface area contributed by atoms with Crippen LogP contribution in [0.25, 0.3) is 0 Å². The van der Waals surface area contributed by atoms with Crippen molar-refractivity contribution in [2.24, 2.45) is 0 Å². The van der Waals surface area contributed by atoms with E-state index < -0.39 is 0 Å². The molecule has 0 bridgehead atoms. The maximum Gasteiger partial charge on any atom is 0.322 e. The molecule has 2 amide bonds. The lowest BCUT2D eigenvalue weighted by Crippen LogP contribution is -2.39. The summed E-state index contributed by atoms with van der Waals surface area (Å²) in [6.07, 6.45) is 3.76. The van der Waals surface area contributed by atoms with Crippen molar-refractivity contribution in [1.82, 2.24) is 9.88 Å². The first-order valence-corrected chi connectivity index (χ1v) is 8.82. The van der Waals surface area contributed by atoms with Crippen LogP contribution in [0.3, 0.4) is 0 Å². The Labute approximate surface area is 145 Å². The summed E-state index contributed by atoms with van der Waals surface area (Å²) in [5, 5.41) is 4.92. The average molecular weight is 347 g/mol. The number of carbonyl (C=O) groups excluding carboxylic acids is 1. The smallest absolute Gasteiger partial charge is 0.322 e. The molecule has 128 valence electrons. The van der Waals surface area contributed by atoms with Crippen LogP contribution < -0.4 is 10.1 Å². The van der Waals surface area contributed by atoms with Crippen molar-refractivity contribution in [3.8, 4) is 5.88 Å². The molecule has 3 rings (SSSR count). The number of nitrogens with zero attached hydrogens (tertiary/aromatic N) is 2. The second-order valence-electron chi connectivity index (χ2n) is 5.61. The molecule has 2 aromatic heterocycles. The minimum absolute atomic E-state index is 0.115. The minimum Gasteiger partial charge on any atom is -0.481 e. The number of urea groups is 1. The summed E-state index contributed by atoms with van der Waals surface area (Å²) < 4.78 is 10.7. The maximum atomic E-state index is 12.7. The number of pyridine rings is 1. The topological polar surface area (TPSA) is 63.7 Å². The van der Waals surface area contributed by atoms with Crippen LogP contribution in [0, 0.1) is 0 Å². The van der Waals surface area contributed by atoms with Gasteiger partial charge >= 0.3 is 6.03 Å². The first-order chi connectivity index (χ1) is 11.7. The fraction of sp³-hybridized carbons (Fsp3) is 0.412. The third-order valence-corrected chi connectivity index (χ3v) is 4.72. The predicted octanol–water partition coefficient (Wildman–Crippen LogP) is 3.36. The van der Waals surface area contributed by atoms with Gasteiger partial charge in [0.1, 0.15) is 0 Å². The van der Waals surface area contributed by atoms with Gasteiger partial charge in [0.15, 0.2) is 0 Å². The summed E-state index contributed by atoms with van der Waals surface area (Å²) in [4.78, 5) is 19.7. The van der Waals surface area contributed by atoms with Crippen LogP contribution in [0.4, 0.5) is 10.5 Å². The van der Waals surface area contributed by atoms with Crippen molar-refractivity contribution >= 4 is 23.1 Å². The number of anilines is 1. The summed E-state index contributed by atoms with van der Waals surface area (Å²) in [6, 6.07) is 7.38. The highest BCUT2D eigenvalue weighted by Crippen LogP contribution is 2.19. The number of amides is 2. The summed E-state index contributed by atoms with van der Waals surface area (Å²) in [5.41, 5.74) is 0.643. The fourth-order valence-corrected chi connectivity index (χ4v) is 3.34. The molecule has 6 nitrogen and oxygen atoms in total. The number of ether oxygens (including phenoxy) is 2. The highest BCUT2D eigenvalue weighted by molar-refractivity contribution is 7.09. The Morgan fingerprint density at radius 1 is 1.50 bits per heavy atom. The Morgan fingerprint density at radius 3 is 3.04 bits per heavy atom. The zero-order valence-corrected chi connectivity index (χ0v) is 14.4. The molecule has 1 aliphatic heterocycles. The van der Waals surface area contributed by atoms with Crippen molar-refractivity contribution in [2.45, 2.75) is 25.5 Å². The molecule has 1 atom stereocenters. The fourth-order valence-electron chi connectivity index (χ4n) is 2.62. The van der Waals surface area contributed by atoms with E-state index in [0.717, 1.165) is 24.3 Å². The van der Waals surface area contributed by atoms with Crippen LogP contribution >= 0.6 is 11.3 Å². The standard InChI is InChI=1S/C17H21N3O3S/c1-22-16-7-6-13(10-18-16)19-17(21)20(11-14-4-2-8-23-14)12-15-5-3-9-24-15/h3,5-7,9-10,14H,2,4,8,11-12H2,1H3,(H,19,21)/t14-/m1/s1. The Balaban J connectivity index is 1.66. The molecule has 0 spiro atoms. The lowest BCUT2D eigenvalue weighted by Gasteiger charge is -2.25. The molecule has 0 aliphatic carbocycles. The van der Waals surface area contributed by atoms with Crippen LogP contribution in [0.1, 0.15) is 17.7 Å². The van der Waals surface area contributed by atoms with Crippen molar-refractivity contribution in [3.63, 3.8) is 0 Å². The Hall–Kier alpha value is -2.12. The van der Waals surface area contributed by atoms with Crippen molar-refractivity contribution in [2.75, 3.05) is 25.6 Å².